The van der Waals surface area contributed by atoms with Crippen LogP contribution in [0.2, 0.25) is 0 Å². The number of hydrogen-bond acceptors (Lipinski definition) is 3. The van der Waals surface area contributed by atoms with E-state index in [0.717, 1.165) is 35.1 Å². The highest BCUT2D eigenvalue weighted by atomic mass is 32.2. The molecule has 0 fully saturated rings. The Bertz CT molecular complexity index is 528. The van der Waals surface area contributed by atoms with Gasteiger partial charge in [-0.05, 0) is 43.2 Å². The molecule has 2 rings (SSSR count). The molecule has 2 aromatic rings. The van der Waals surface area contributed by atoms with E-state index >= 15 is 0 Å². The van der Waals surface area contributed by atoms with Gasteiger partial charge >= 0.3 is 0 Å². The molecule has 0 atom stereocenters. The zero-order valence-electron chi connectivity index (χ0n) is 11.1. The SMILES string of the molecule is Cc1cccc(OCCCSc2ccccc2N)c1. The fourth-order valence-corrected chi connectivity index (χ4v) is 2.64. The van der Waals surface area contributed by atoms with Crippen LogP contribution in [-0.2, 0) is 0 Å². The average molecular weight is 273 g/mol. The zero-order valence-corrected chi connectivity index (χ0v) is 12.0. The molecule has 0 heterocycles. The van der Waals surface area contributed by atoms with E-state index in [1.807, 2.05) is 30.3 Å². The summed E-state index contributed by atoms with van der Waals surface area (Å²) >= 11 is 1.78. The Morgan fingerprint density at radius 1 is 1.11 bits per heavy atom. The molecular formula is C16H19NOS. The average Bonchev–Trinajstić information content (AvgIpc) is 2.40. The Morgan fingerprint density at radius 2 is 1.95 bits per heavy atom. The molecular weight excluding hydrogens is 254 g/mol. The van der Waals surface area contributed by atoms with Gasteiger partial charge in [0, 0.05) is 16.3 Å². The standard InChI is InChI=1S/C16H19NOS/c1-13-6-4-7-14(12-13)18-10-5-11-19-16-9-3-2-8-15(16)17/h2-4,6-9,12H,5,10-11,17H2,1H3. The van der Waals surface area contributed by atoms with Crippen LogP contribution in [0.4, 0.5) is 5.69 Å². The minimum absolute atomic E-state index is 0.739. The fraction of sp³-hybridized carbons (Fsp3) is 0.250. The minimum Gasteiger partial charge on any atom is -0.494 e. The van der Waals surface area contributed by atoms with E-state index in [1.165, 1.54) is 5.56 Å². The van der Waals surface area contributed by atoms with Gasteiger partial charge in [-0.2, -0.15) is 0 Å². The zero-order chi connectivity index (χ0) is 13.5. The van der Waals surface area contributed by atoms with Crippen LogP contribution >= 0.6 is 11.8 Å². The number of para-hydroxylation sites is 1. The molecule has 0 radical (unpaired) electrons. The highest BCUT2D eigenvalue weighted by Crippen LogP contribution is 2.24. The summed E-state index contributed by atoms with van der Waals surface area (Å²) in [6.07, 6.45) is 1.01. The monoisotopic (exact) mass is 273 g/mol. The first kappa shape index (κ1) is 13.8. The maximum atomic E-state index is 5.89. The molecule has 0 aliphatic carbocycles. The van der Waals surface area contributed by atoms with E-state index in [9.17, 15) is 0 Å². The molecule has 0 saturated heterocycles. The van der Waals surface area contributed by atoms with Crippen molar-refractivity contribution >= 4 is 17.4 Å². The summed E-state index contributed by atoms with van der Waals surface area (Å²) in [7, 11) is 0. The van der Waals surface area contributed by atoms with Crippen molar-refractivity contribution in [2.75, 3.05) is 18.1 Å². The second-order valence-corrected chi connectivity index (χ2v) is 5.54. The van der Waals surface area contributed by atoms with Crippen LogP contribution in [0.1, 0.15) is 12.0 Å². The molecule has 0 amide bonds. The van der Waals surface area contributed by atoms with Gasteiger partial charge in [-0.1, -0.05) is 24.3 Å². The lowest BCUT2D eigenvalue weighted by Gasteiger charge is -2.07. The van der Waals surface area contributed by atoms with Crippen molar-refractivity contribution < 1.29 is 4.74 Å². The van der Waals surface area contributed by atoms with Crippen LogP contribution in [0.25, 0.3) is 0 Å². The van der Waals surface area contributed by atoms with Gasteiger partial charge in [0.1, 0.15) is 5.75 Å². The van der Waals surface area contributed by atoms with Gasteiger partial charge in [0.05, 0.1) is 6.61 Å². The lowest BCUT2D eigenvalue weighted by molar-refractivity contribution is 0.318. The summed E-state index contributed by atoms with van der Waals surface area (Å²) in [5.74, 6) is 1.96. The predicted molar refractivity (Wildman–Crippen MR) is 82.9 cm³/mol. The van der Waals surface area contributed by atoms with Crippen molar-refractivity contribution in [2.24, 2.45) is 0 Å². The second-order valence-electron chi connectivity index (χ2n) is 4.40. The van der Waals surface area contributed by atoms with E-state index in [4.69, 9.17) is 10.5 Å². The summed E-state index contributed by atoms with van der Waals surface area (Å²) in [5, 5.41) is 0. The van der Waals surface area contributed by atoms with Crippen molar-refractivity contribution in [3.63, 3.8) is 0 Å². The summed E-state index contributed by atoms with van der Waals surface area (Å²) in [6.45, 7) is 2.81. The quantitative estimate of drug-likeness (QED) is 0.488. The van der Waals surface area contributed by atoms with E-state index in [1.54, 1.807) is 11.8 Å². The third-order valence-corrected chi connectivity index (χ3v) is 3.90. The van der Waals surface area contributed by atoms with E-state index in [0.29, 0.717) is 0 Å². The number of hydrogen-bond donors (Lipinski definition) is 1. The van der Waals surface area contributed by atoms with Crippen LogP contribution in [-0.4, -0.2) is 12.4 Å². The molecule has 0 saturated carbocycles. The molecule has 2 nitrogen and oxygen atoms in total. The van der Waals surface area contributed by atoms with Crippen molar-refractivity contribution in [2.45, 2.75) is 18.2 Å². The molecule has 0 aliphatic rings. The molecule has 0 spiro atoms. The molecule has 0 aromatic heterocycles. The van der Waals surface area contributed by atoms with Gasteiger partial charge < -0.3 is 10.5 Å². The summed E-state index contributed by atoms with van der Waals surface area (Å²) < 4.78 is 5.71. The first-order valence-electron chi connectivity index (χ1n) is 6.42. The maximum Gasteiger partial charge on any atom is 0.119 e. The number of rotatable bonds is 6. The normalized spacial score (nSPS) is 10.4. The molecule has 19 heavy (non-hydrogen) atoms. The molecule has 2 aromatic carbocycles. The van der Waals surface area contributed by atoms with Crippen LogP contribution in [0.3, 0.4) is 0 Å². The smallest absolute Gasteiger partial charge is 0.119 e. The Kier molecular flexibility index (Phi) is 5.16. The van der Waals surface area contributed by atoms with Crippen molar-refractivity contribution in [3.05, 3.63) is 54.1 Å². The van der Waals surface area contributed by atoms with Gasteiger partial charge in [0.25, 0.3) is 0 Å². The largest absolute Gasteiger partial charge is 0.494 e. The Morgan fingerprint density at radius 3 is 2.74 bits per heavy atom. The number of aryl methyl sites for hydroxylation is 1. The fourth-order valence-electron chi connectivity index (χ4n) is 1.75. The topological polar surface area (TPSA) is 35.2 Å². The number of thioether (sulfide) groups is 1. The number of nitrogen functional groups attached to an aromatic ring is 1. The first-order chi connectivity index (χ1) is 9.25. The highest BCUT2D eigenvalue weighted by Gasteiger charge is 1.99. The maximum absolute atomic E-state index is 5.89. The lowest BCUT2D eigenvalue weighted by Crippen LogP contribution is -1.99. The van der Waals surface area contributed by atoms with Crippen LogP contribution in [0.15, 0.2) is 53.4 Å². The van der Waals surface area contributed by atoms with Crippen LogP contribution < -0.4 is 10.5 Å². The molecule has 0 unspecified atom stereocenters. The Hall–Kier alpha value is -1.61. The number of nitrogens with two attached hydrogens (primary N) is 1. The summed E-state index contributed by atoms with van der Waals surface area (Å²) in [5.41, 5.74) is 7.97. The van der Waals surface area contributed by atoms with Gasteiger partial charge in [-0.25, -0.2) is 0 Å². The third-order valence-electron chi connectivity index (χ3n) is 2.72. The Labute approximate surface area is 119 Å². The van der Waals surface area contributed by atoms with Gasteiger partial charge in [-0.15, -0.1) is 11.8 Å². The van der Waals surface area contributed by atoms with Crippen molar-refractivity contribution in [3.8, 4) is 5.75 Å². The minimum atomic E-state index is 0.739. The molecule has 2 N–H and O–H groups in total. The first-order valence-corrected chi connectivity index (χ1v) is 7.41. The van der Waals surface area contributed by atoms with E-state index in [2.05, 4.69) is 25.1 Å². The second kappa shape index (κ2) is 7.10. The summed E-state index contributed by atoms with van der Waals surface area (Å²) in [6, 6.07) is 16.1. The van der Waals surface area contributed by atoms with Crippen LogP contribution in [0, 0.1) is 6.92 Å². The lowest BCUT2D eigenvalue weighted by atomic mass is 10.2. The van der Waals surface area contributed by atoms with E-state index in [-0.39, 0.29) is 0 Å². The van der Waals surface area contributed by atoms with Gasteiger partial charge in [0.15, 0.2) is 0 Å². The number of benzene rings is 2. The highest BCUT2D eigenvalue weighted by molar-refractivity contribution is 7.99. The van der Waals surface area contributed by atoms with Gasteiger partial charge in [-0.3, -0.25) is 0 Å². The van der Waals surface area contributed by atoms with Crippen LogP contribution in [0.5, 0.6) is 5.75 Å². The molecule has 0 aliphatic heterocycles. The molecule has 3 heteroatoms. The molecule has 100 valence electrons. The van der Waals surface area contributed by atoms with E-state index < -0.39 is 0 Å². The number of anilines is 1. The van der Waals surface area contributed by atoms with Crippen molar-refractivity contribution in [1.82, 2.24) is 0 Å². The Balaban J connectivity index is 1.69. The number of ether oxygens (including phenoxy) is 1. The summed E-state index contributed by atoms with van der Waals surface area (Å²) in [4.78, 5) is 1.15. The van der Waals surface area contributed by atoms with Crippen molar-refractivity contribution in [1.29, 1.82) is 0 Å². The third kappa shape index (κ3) is 4.52. The van der Waals surface area contributed by atoms with Gasteiger partial charge in [0.2, 0.25) is 0 Å². The molecule has 0 bridgehead atoms. The predicted octanol–water partition coefficient (Wildman–Crippen LogP) is 4.14.